The molecule has 0 aliphatic carbocycles. The van der Waals surface area contributed by atoms with E-state index in [1.165, 1.54) is 0 Å². The van der Waals surface area contributed by atoms with Crippen LogP contribution in [0, 0.1) is 13.8 Å². The SMILES string of the molecule is CCOc1c(Br)cc(C(=O)N(C)Cc2c(C)nn(-c3ccccc3)c2C)cc1OC. The zero-order valence-electron chi connectivity index (χ0n) is 17.9. The molecule has 0 spiro atoms. The van der Waals surface area contributed by atoms with Crippen molar-refractivity contribution >= 4 is 21.8 Å². The van der Waals surface area contributed by atoms with Crippen molar-refractivity contribution in [1.29, 1.82) is 0 Å². The number of aryl methyl sites for hydroxylation is 1. The molecule has 158 valence electrons. The van der Waals surface area contributed by atoms with Crippen molar-refractivity contribution in [3.8, 4) is 17.2 Å². The van der Waals surface area contributed by atoms with Gasteiger partial charge >= 0.3 is 0 Å². The summed E-state index contributed by atoms with van der Waals surface area (Å²) < 4.78 is 13.6. The highest BCUT2D eigenvalue weighted by atomic mass is 79.9. The van der Waals surface area contributed by atoms with E-state index in [-0.39, 0.29) is 5.91 Å². The number of carbonyl (C=O) groups excluding carboxylic acids is 1. The van der Waals surface area contributed by atoms with Gasteiger partial charge in [0.15, 0.2) is 11.5 Å². The zero-order chi connectivity index (χ0) is 21.8. The first-order chi connectivity index (χ1) is 14.4. The van der Waals surface area contributed by atoms with Crippen molar-refractivity contribution < 1.29 is 14.3 Å². The van der Waals surface area contributed by atoms with E-state index in [0.717, 1.165) is 22.6 Å². The van der Waals surface area contributed by atoms with Gasteiger partial charge in [-0.2, -0.15) is 5.10 Å². The van der Waals surface area contributed by atoms with Gasteiger partial charge in [-0.05, 0) is 61.0 Å². The number of rotatable bonds is 7. The molecule has 0 atom stereocenters. The van der Waals surface area contributed by atoms with E-state index in [1.807, 2.05) is 55.8 Å². The van der Waals surface area contributed by atoms with Crippen molar-refractivity contribution in [2.75, 3.05) is 20.8 Å². The molecular formula is C23H26BrN3O3. The van der Waals surface area contributed by atoms with E-state index in [0.29, 0.717) is 34.7 Å². The van der Waals surface area contributed by atoms with Crippen molar-refractivity contribution in [1.82, 2.24) is 14.7 Å². The lowest BCUT2D eigenvalue weighted by atomic mass is 10.1. The van der Waals surface area contributed by atoms with E-state index in [2.05, 4.69) is 21.0 Å². The lowest BCUT2D eigenvalue weighted by Crippen LogP contribution is -2.26. The number of amides is 1. The fourth-order valence-electron chi connectivity index (χ4n) is 3.38. The molecule has 3 aromatic rings. The van der Waals surface area contributed by atoms with E-state index < -0.39 is 0 Å². The summed E-state index contributed by atoms with van der Waals surface area (Å²) in [6.45, 7) is 6.86. The molecule has 0 saturated carbocycles. The second kappa shape index (κ2) is 9.34. The first-order valence-corrected chi connectivity index (χ1v) is 10.5. The van der Waals surface area contributed by atoms with Crippen LogP contribution in [0.2, 0.25) is 0 Å². The van der Waals surface area contributed by atoms with Gasteiger partial charge in [0, 0.05) is 30.4 Å². The Hall–Kier alpha value is -2.80. The third-order valence-electron chi connectivity index (χ3n) is 4.95. The number of ether oxygens (including phenoxy) is 2. The summed E-state index contributed by atoms with van der Waals surface area (Å²) in [5.41, 5.74) is 4.48. The molecule has 1 heterocycles. The number of aromatic nitrogens is 2. The average molecular weight is 472 g/mol. The number of para-hydroxylation sites is 1. The highest BCUT2D eigenvalue weighted by molar-refractivity contribution is 9.10. The van der Waals surface area contributed by atoms with E-state index >= 15 is 0 Å². The first kappa shape index (κ1) is 21.9. The fraction of sp³-hybridized carbons (Fsp3) is 0.304. The average Bonchev–Trinajstić information content (AvgIpc) is 3.03. The van der Waals surface area contributed by atoms with Crippen molar-refractivity contribution in [3.63, 3.8) is 0 Å². The molecular weight excluding hydrogens is 446 g/mol. The Morgan fingerprint density at radius 2 is 1.90 bits per heavy atom. The molecule has 0 fully saturated rings. The van der Waals surface area contributed by atoms with Crippen LogP contribution in [0.4, 0.5) is 0 Å². The van der Waals surface area contributed by atoms with Crippen LogP contribution in [-0.2, 0) is 6.54 Å². The summed E-state index contributed by atoms with van der Waals surface area (Å²) in [5.74, 6) is 1.01. The van der Waals surface area contributed by atoms with Gasteiger partial charge < -0.3 is 14.4 Å². The normalized spacial score (nSPS) is 10.7. The second-order valence-corrected chi connectivity index (χ2v) is 7.83. The predicted molar refractivity (Wildman–Crippen MR) is 121 cm³/mol. The van der Waals surface area contributed by atoms with Crippen LogP contribution in [0.15, 0.2) is 46.9 Å². The Bertz CT molecular complexity index is 1050. The van der Waals surface area contributed by atoms with Crippen LogP contribution < -0.4 is 9.47 Å². The highest BCUT2D eigenvalue weighted by Crippen LogP contribution is 2.37. The number of nitrogens with zero attached hydrogens (tertiary/aromatic N) is 3. The minimum Gasteiger partial charge on any atom is -0.493 e. The molecule has 0 bridgehead atoms. The van der Waals surface area contributed by atoms with Gasteiger partial charge in [-0.1, -0.05) is 18.2 Å². The molecule has 3 rings (SSSR count). The van der Waals surface area contributed by atoms with E-state index in [1.54, 1.807) is 31.2 Å². The molecule has 0 radical (unpaired) electrons. The smallest absolute Gasteiger partial charge is 0.254 e. The first-order valence-electron chi connectivity index (χ1n) is 9.73. The second-order valence-electron chi connectivity index (χ2n) is 6.98. The van der Waals surface area contributed by atoms with Crippen LogP contribution in [-0.4, -0.2) is 41.4 Å². The van der Waals surface area contributed by atoms with Gasteiger partial charge in [-0.15, -0.1) is 0 Å². The molecule has 2 aromatic carbocycles. The monoisotopic (exact) mass is 471 g/mol. The number of hydrogen-bond donors (Lipinski definition) is 0. The minimum atomic E-state index is -0.108. The fourth-order valence-corrected chi connectivity index (χ4v) is 3.94. The van der Waals surface area contributed by atoms with Crippen molar-refractivity contribution in [3.05, 3.63) is 69.5 Å². The molecule has 0 N–H and O–H groups in total. The van der Waals surface area contributed by atoms with Gasteiger partial charge in [0.2, 0.25) is 0 Å². The van der Waals surface area contributed by atoms with Gasteiger partial charge in [0.25, 0.3) is 5.91 Å². The third-order valence-corrected chi connectivity index (χ3v) is 5.54. The van der Waals surface area contributed by atoms with Gasteiger partial charge in [0.05, 0.1) is 29.6 Å². The maximum Gasteiger partial charge on any atom is 0.254 e. The largest absolute Gasteiger partial charge is 0.493 e. The summed E-state index contributed by atoms with van der Waals surface area (Å²) in [7, 11) is 3.35. The maximum atomic E-state index is 13.1. The summed E-state index contributed by atoms with van der Waals surface area (Å²) in [4.78, 5) is 14.8. The molecule has 0 aliphatic heterocycles. The molecule has 0 unspecified atom stereocenters. The van der Waals surface area contributed by atoms with Crippen LogP contribution >= 0.6 is 15.9 Å². The molecule has 1 aromatic heterocycles. The summed E-state index contributed by atoms with van der Waals surface area (Å²) in [6.07, 6.45) is 0. The lowest BCUT2D eigenvalue weighted by molar-refractivity contribution is 0.0784. The zero-order valence-corrected chi connectivity index (χ0v) is 19.5. The van der Waals surface area contributed by atoms with Gasteiger partial charge in [-0.3, -0.25) is 4.79 Å². The minimum absolute atomic E-state index is 0.108. The molecule has 1 amide bonds. The standard InChI is InChI=1S/C23H26BrN3O3/c1-6-30-22-20(24)12-17(13-21(22)29-5)23(28)26(4)14-19-15(2)25-27(16(19)3)18-10-8-7-9-11-18/h7-13H,6,14H2,1-5H3. The van der Waals surface area contributed by atoms with Crippen LogP contribution in [0.3, 0.4) is 0 Å². The van der Waals surface area contributed by atoms with Crippen LogP contribution in [0.5, 0.6) is 11.5 Å². The third kappa shape index (κ3) is 4.36. The molecule has 0 aliphatic rings. The Kier molecular flexibility index (Phi) is 6.82. The number of hydrogen-bond acceptors (Lipinski definition) is 4. The molecule has 6 nitrogen and oxygen atoms in total. The molecule has 0 saturated heterocycles. The van der Waals surface area contributed by atoms with Crippen molar-refractivity contribution in [2.24, 2.45) is 0 Å². The Morgan fingerprint density at radius 1 is 1.20 bits per heavy atom. The van der Waals surface area contributed by atoms with Crippen LogP contribution in [0.1, 0.15) is 34.2 Å². The predicted octanol–water partition coefficient (Wildman–Crippen LogP) is 4.93. The number of benzene rings is 2. The van der Waals surface area contributed by atoms with E-state index in [4.69, 9.17) is 9.47 Å². The highest BCUT2D eigenvalue weighted by Gasteiger charge is 2.21. The number of methoxy groups -OCH3 is 1. The van der Waals surface area contributed by atoms with Crippen LogP contribution in [0.25, 0.3) is 5.69 Å². The van der Waals surface area contributed by atoms with Gasteiger partial charge in [-0.25, -0.2) is 4.68 Å². The number of carbonyl (C=O) groups is 1. The van der Waals surface area contributed by atoms with Gasteiger partial charge in [0.1, 0.15) is 0 Å². The topological polar surface area (TPSA) is 56.6 Å². The summed E-state index contributed by atoms with van der Waals surface area (Å²) in [6, 6.07) is 13.5. The Labute approximate surface area is 185 Å². The molecule has 7 heteroatoms. The quantitative estimate of drug-likeness (QED) is 0.489. The number of halogens is 1. The summed E-state index contributed by atoms with van der Waals surface area (Å²) in [5, 5.41) is 4.67. The molecule has 30 heavy (non-hydrogen) atoms. The van der Waals surface area contributed by atoms with Crippen molar-refractivity contribution in [2.45, 2.75) is 27.3 Å². The Balaban J connectivity index is 1.86. The maximum absolute atomic E-state index is 13.1. The lowest BCUT2D eigenvalue weighted by Gasteiger charge is -2.19. The summed E-state index contributed by atoms with van der Waals surface area (Å²) >= 11 is 3.49. The Morgan fingerprint density at radius 3 is 2.53 bits per heavy atom. The van der Waals surface area contributed by atoms with E-state index in [9.17, 15) is 4.79 Å².